The first kappa shape index (κ1) is 11.6. The van der Waals surface area contributed by atoms with Crippen molar-refractivity contribution in [2.75, 3.05) is 0 Å². The third kappa shape index (κ3) is 3.35. The predicted octanol–water partition coefficient (Wildman–Crippen LogP) is 2.01. The van der Waals surface area contributed by atoms with Gasteiger partial charge in [0.1, 0.15) is 5.78 Å². The number of carbonyl (C=O) groups is 1. The molecular formula is C10H20O2. The van der Waals surface area contributed by atoms with Crippen molar-refractivity contribution in [2.45, 2.75) is 46.6 Å². The van der Waals surface area contributed by atoms with Crippen molar-refractivity contribution in [3.63, 3.8) is 0 Å². The lowest BCUT2D eigenvalue weighted by Gasteiger charge is -2.27. The molecule has 0 fully saturated rings. The van der Waals surface area contributed by atoms with Crippen molar-refractivity contribution in [3.8, 4) is 0 Å². The Morgan fingerprint density at radius 1 is 1.33 bits per heavy atom. The van der Waals surface area contributed by atoms with Crippen molar-refractivity contribution in [2.24, 2.45) is 11.8 Å². The monoisotopic (exact) mass is 172 g/mol. The summed E-state index contributed by atoms with van der Waals surface area (Å²) in [7, 11) is 0. The zero-order chi connectivity index (χ0) is 9.94. The molecule has 0 unspecified atom stereocenters. The molecule has 0 aromatic carbocycles. The van der Waals surface area contributed by atoms with Crippen LogP contribution in [0.25, 0.3) is 0 Å². The molecule has 0 aromatic rings. The Morgan fingerprint density at radius 3 is 2.00 bits per heavy atom. The standard InChI is InChI=1S/C10H20O2/c1-7(2)9(11)6-10(5,12)8(3)4/h7-8,12H,6H2,1-5H3/t10-/m0/s1. The highest BCUT2D eigenvalue weighted by Gasteiger charge is 2.28. The molecule has 2 nitrogen and oxygen atoms in total. The van der Waals surface area contributed by atoms with Crippen LogP contribution in [0.4, 0.5) is 0 Å². The minimum absolute atomic E-state index is 0.0234. The average Bonchev–Trinajstić information content (AvgIpc) is 1.85. The van der Waals surface area contributed by atoms with Gasteiger partial charge in [0.15, 0.2) is 0 Å². The van der Waals surface area contributed by atoms with Crippen LogP contribution in [0.15, 0.2) is 0 Å². The zero-order valence-corrected chi connectivity index (χ0v) is 8.72. The van der Waals surface area contributed by atoms with Crippen LogP contribution < -0.4 is 0 Å². The molecule has 2 heteroatoms. The average molecular weight is 172 g/mol. The van der Waals surface area contributed by atoms with E-state index in [0.29, 0.717) is 0 Å². The topological polar surface area (TPSA) is 37.3 Å². The number of aliphatic hydroxyl groups is 1. The van der Waals surface area contributed by atoms with E-state index in [1.165, 1.54) is 0 Å². The van der Waals surface area contributed by atoms with Gasteiger partial charge >= 0.3 is 0 Å². The van der Waals surface area contributed by atoms with E-state index in [0.717, 1.165) is 0 Å². The van der Waals surface area contributed by atoms with Gasteiger partial charge in [-0.1, -0.05) is 27.7 Å². The van der Waals surface area contributed by atoms with Crippen molar-refractivity contribution in [1.82, 2.24) is 0 Å². The lowest BCUT2D eigenvalue weighted by atomic mass is 9.85. The molecule has 0 radical (unpaired) electrons. The molecule has 72 valence electrons. The molecule has 0 saturated carbocycles. The highest BCUT2D eigenvalue weighted by Crippen LogP contribution is 2.21. The molecule has 0 bridgehead atoms. The second-order valence-corrected chi connectivity index (χ2v) is 4.31. The van der Waals surface area contributed by atoms with Crippen molar-refractivity contribution < 1.29 is 9.90 Å². The normalized spacial score (nSPS) is 16.7. The molecule has 0 rings (SSSR count). The van der Waals surface area contributed by atoms with Gasteiger partial charge in [0.2, 0.25) is 0 Å². The molecule has 0 saturated heterocycles. The number of rotatable bonds is 4. The molecule has 0 spiro atoms. The summed E-state index contributed by atoms with van der Waals surface area (Å²) >= 11 is 0. The first-order valence-electron chi connectivity index (χ1n) is 4.52. The van der Waals surface area contributed by atoms with E-state index in [1.54, 1.807) is 6.92 Å². The number of carbonyl (C=O) groups excluding carboxylic acids is 1. The second kappa shape index (κ2) is 4.04. The summed E-state index contributed by atoms with van der Waals surface area (Å²) in [4.78, 5) is 11.3. The second-order valence-electron chi connectivity index (χ2n) is 4.31. The molecule has 12 heavy (non-hydrogen) atoms. The third-order valence-corrected chi connectivity index (χ3v) is 2.42. The highest BCUT2D eigenvalue weighted by atomic mass is 16.3. The van der Waals surface area contributed by atoms with E-state index in [-0.39, 0.29) is 24.0 Å². The lowest BCUT2D eigenvalue weighted by molar-refractivity contribution is -0.127. The van der Waals surface area contributed by atoms with Crippen molar-refractivity contribution in [3.05, 3.63) is 0 Å². The fourth-order valence-electron chi connectivity index (χ4n) is 0.761. The van der Waals surface area contributed by atoms with Gasteiger partial charge in [0.25, 0.3) is 0 Å². The zero-order valence-electron chi connectivity index (χ0n) is 8.72. The molecule has 0 aliphatic rings. The van der Waals surface area contributed by atoms with Gasteiger partial charge in [-0.05, 0) is 12.8 Å². The van der Waals surface area contributed by atoms with Gasteiger partial charge in [-0.2, -0.15) is 0 Å². The van der Waals surface area contributed by atoms with Crippen molar-refractivity contribution >= 4 is 5.78 Å². The number of hydrogen-bond donors (Lipinski definition) is 1. The summed E-state index contributed by atoms with van der Waals surface area (Å²) < 4.78 is 0. The van der Waals surface area contributed by atoms with Crippen LogP contribution in [0.5, 0.6) is 0 Å². The number of Topliss-reactive ketones (excluding diaryl/α,β-unsaturated/α-hetero) is 1. The van der Waals surface area contributed by atoms with Gasteiger partial charge in [0, 0.05) is 12.3 Å². The van der Waals surface area contributed by atoms with Gasteiger partial charge < -0.3 is 5.11 Å². The van der Waals surface area contributed by atoms with E-state index < -0.39 is 5.60 Å². The minimum Gasteiger partial charge on any atom is -0.389 e. The van der Waals surface area contributed by atoms with Crippen LogP contribution >= 0.6 is 0 Å². The van der Waals surface area contributed by atoms with Gasteiger partial charge in [-0.25, -0.2) is 0 Å². The predicted molar refractivity (Wildman–Crippen MR) is 49.9 cm³/mol. The third-order valence-electron chi connectivity index (χ3n) is 2.42. The molecule has 0 aliphatic heterocycles. The SMILES string of the molecule is CC(C)C(=O)C[C@](C)(O)C(C)C. The largest absolute Gasteiger partial charge is 0.389 e. The van der Waals surface area contributed by atoms with Crippen LogP contribution in [0.2, 0.25) is 0 Å². The van der Waals surface area contributed by atoms with Gasteiger partial charge in [-0.15, -0.1) is 0 Å². The fraction of sp³-hybridized carbons (Fsp3) is 0.900. The molecule has 0 amide bonds. The smallest absolute Gasteiger partial charge is 0.138 e. The van der Waals surface area contributed by atoms with Crippen molar-refractivity contribution in [1.29, 1.82) is 0 Å². The molecule has 0 heterocycles. The summed E-state index contributed by atoms with van der Waals surface area (Å²) in [5.41, 5.74) is -0.846. The summed E-state index contributed by atoms with van der Waals surface area (Å²) in [5, 5.41) is 9.79. The lowest BCUT2D eigenvalue weighted by Crippen LogP contribution is -2.34. The van der Waals surface area contributed by atoms with E-state index in [9.17, 15) is 9.90 Å². The van der Waals surface area contributed by atoms with E-state index in [1.807, 2.05) is 27.7 Å². The quantitative estimate of drug-likeness (QED) is 0.704. The Kier molecular flexibility index (Phi) is 3.91. The van der Waals surface area contributed by atoms with Gasteiger partial charge in [0.05, 0.1) is 5.60 Å². The minimum atomic E-state index is -0.846. The van der Waals surface area contributed by atoms with Crippen LogP contribution in [0, 0.1) is 11.8 Å². The molecule has 1 atom stereocenters. The van der Waals surface area contributed by atoms with Crippen LogP contribution in [-0.2, 0) is 4.79 Å². The Labute approximate surface area is 75.0 Å². The van der Waals surface area contributed by atoms with Crippen LogP contribution in [0.1, 0.15) is 41.0 Å². The molecule has 0 aromatic heterocycles. The summed E-state index contributed by atoms with van der Waals surface area (Å²) in [6.07, 6.45) is 0.266. The Bertz CT molecular complexity index is 157. The summed E-state index contributed by atoms with van der Waals surface area (Å²) in [6, 6.07) is 0. The molecule has 0 aliphatic carbocycles. The maximum absolute atomic E-state index is 11.3. The van der Waals surface area contributed by atoms with Crippen LogP contribution in [0.3, 0.4) is 0 Å². The number of hydrogen-bond acceptors (Lipinski definition) is 2. The Hall–Kier alpha value is -0.370. The number of ketones is 1. The molecular weight excluding hydrogens is 152 g/mol. The van der Waals surface area contributed by atoms with E-state index >= 15 is 0 Å². The van der Waals surface area contributed by atoms with E-state index in [4.69, 9.17) is 0 Å². The van der Waals surface area contributed by atoms with Crippen LogP contribution in [-0.4, -0.2) is 16.5 Å². The maximum atomic E-state index is 11.3. The Balaban J connectivity index is 4.15. The van der Waals surface area contributed by atoms with Gasteiger partial charge in [-0.3, -0.25) is 4.79 Å². The Morgan fingerprint density at radius 2 is 1.75 bits per heavy atom. The summed E-state index contributed by atoms with van der Waals surface area (Å²) in [5.74, 6) is 0.282. The van der Waals surface area contributed by atoms with E-state index in [2.05, 4.69) is 0 Å². The maximum Gasteiger partial charge on any atom is 0.138 e. The fourth-order valence-corrected chi connectivity index (χ4v) is 0.761. The first-order chi connectivity index (χ1) is 5.27. The highest BCUT2D eigenvalue weighted by molar-refractivity contribution is 5.81. The molecule has 1 N–H and O–H groups in total. The summed E-state index contributed by atoms with van der Waals surface area (Å²) in [6.45, 7) is 9.29. The first-order valence-corrected chi connectivity index (χ1v) is 4.52.